The largest absolute Gasteiger partial charge is 0.487 e. The Morgan fingerprint density at radius 3 is 2.55 bits per heavy atom. The number of anilines is 1. The average molecular weight is 457 g/mol. The monoisotopic (exact) mass is 456 g/mol. The molecule has 0 saturated carbocycles. The topological polar surface area (TPSA) is 75.7 Å². The van der Waals surface area contributed by atoms with Crippen LogP contribution in [0.25, 0.3) is 0 Å². The van der Waals surface area contributed by atoms with E-state index < -0.39 is 21.5 Å². The maximum absolute atomic E-state index is 12.8. The molecule has 2 aromatic rings. The van der Waals surface area contributed by atoms with E-state index >= 15 is 0 Å². The van der Waals surface area contributed by atoms with Crippen LogP contribution in [0.2, 0.25) is 10.0 Å². The number of amides is 1. The summed E-state index contributed by atoms with van der Waals surface area (Å²) < 4.78 is 31.6. The minimum absolute atomic E-state index is 0.207. The summed E-state index contributed by atoms with van der Waals surface area (Å²) in [4.78, 5) is 12.8. The zero-order valence-corrected chi connectivity index (χ0v) is 18.6. The number of nitrogens with one attached hydrogen (secondary N) is 1. The Hall–Kier alpha value is -1.96. The lowest BCUT2D eigenvalue weighted by atomic mass is 9.89. The van der Waals surface area contributed by atoms with Gasteiger partial charge in [-0.15, -0.1) is 0 Å². The fourth-order valence-corrected chi connectivity index (χ4v) is 4.48. The van der Waals surface area contributed by atoms with Crippen molar-refractivity contribution >= 4 is 44.8 Å². The second-order valence-electron chi connectivity index (χ2n) is 7.59. The molecule has 0 radical (unpaired) electrons. The van der Waals surface area contributed by atoms with E-state index in [0.717, 1.165) is 16.1 Å². The third-order valence-electron chi connectivity index (χ3n) is 4.59. The lowest BCUT2D eigenvalue weighted by molar-refractivity contribution is -0.120. The van der Waals surface area contributed by atoms with E-state index in [0.29, 0.717) is 17.2 Å². The van der Waals surface area contributed by atoms with Gasteiger partial charge in [-0.3, -0.25) is 9.10 Å². The van der Waals surface area contributed by atoms with Gasteiger partial charge in [-0.05, 0) is 38.1 Å². The van der Waals surface area contributed by atoms with Gasteiger partial charge in [0.25, 0.3) is 0 Å². The third-order valence-corrected chi connectivity index (χ3v) is 6.47. The molecule has 1 atom stereocenters. The zero-order chi connectivity index (χ0) is 21.4. The van der Waals surface area contributed by atoms with Crippen LogP contribution in [-0.4, -0.2) is 32.7 Å². The molecule has 1 unspecified atom stereocenters. The van der Waals surface area contributed by atoms with Gasteiger partial charge in [-0.2, -0.15) is 0 Å². The second kappa shape index (κ2) is 8.05. The van der Waals surface area contributed by atoms with Crippen LogP contribution in [0.15, 0.2) is 42.5 Å². The number of rotatable bonds is 5. The fraction of sp³-hybridized carbons (Fsp3) is 0.350. The summed E-state index contributed by atoms with van der Waals surface area (Å²) in [5.41, 5.74) is 0.664. The predicted molar refractivity (Wildman–Crippen MR) is 115 cm³/mol. The number of sulfonamides is 1. The first kappa shape index (κ1) is 21.7. The van der Waals surface area contributed by atoms with Gasteiger partial charge in [0.15, 0.2) is 0 Å². The molecule has 0 fully saturated rings. The third kappa shape index (κ3) is 5.15. The van der Waals surface area contributed by atoms with Gasteiger partial charge in [0.2, 0.25) is 15.9 Å². The van der Waals surface area contributed by atoms with Gasteiger partial charge >= 0.3 is 0 Å². The summed E-state index contributed by atoms with van der Waals surface area (Å²) in [7, 11) is -3.72. The molecule has 29 heavy (non-hydrogen) atoms. The van der Waals surface area contributed by atoms with Crippen LogP contribution >= 0.6 is 23.2 Å². The number of carbonyl (C=O) groups excluding carboxylic acids is 1. The Morgan fingerprint density at radius 2 is 1.90 bits per heavy atom. The fourth-order valence-electron chi connectivity index (χ4n) is 3.34. The Bertz CT molecular complexity index is 1040. The molecule has 156 valence electrons. The molecule has 1 N–H and O–H groups in total. The molecular formula is C20H22Cl2N2O4S. The highest BCUT2D eigenvalue weighted by Crippen LogP contribution is 2.39. The maximum atomic E-state index is 12.8. The number of hydrogen-bond acceptors (Lipinski definition) is 4. The van der Waals surface area contributed by atoms with Crippen molar-refractivity contribution in [2.75, 3.05) is 17.1 Å². The molecule has 0 aromatic heterocycles. The van der Waals surface area contributed by atoms with E-state index in [1.54, 1.807) is 0 Å². The van der Waals surface area contributed by atoms with Crippen molar-refractivity contribution in [1.82, 2.24) is 5.32 Å². The van der Waals surface area contributed by atoms with Gasteiger partial charge in [-0.1, -0.05) is 41.4 Å². The van der Waals surface area contributed by atoms with E-state index in [4.69, 9.17) is 27.9 Å². The number of para-hydroxylation sites is 1. The molecule has 1 amide bonds. The van der Waals surface area contributed by atoms with Crippen molar-refractivity contribution in [3.8, 4) is 5.75 Å². The molecule has 0 aliphatic carbocycles. The summed E-state index contributed by atoms with van der Waals surface area (Å²) in [5, 5.41) is 3.45. The van der Waals surface area contributed by atoms with E-state index in [1.165, 1.54) is 18.2 Å². The lowest BCUT2D eigenvalue weighted by Crippen LogP contribution is -2.45. The first-order valence-corrected chi connectivity index (χ1v) is 11.6. The summed E-state index contributed by atoms with van der Waals surface area (Å²) in [6.07, 6.45) is 1.59. The van der Waals surface area contributed by atoms with E-state index in [-0.39, 0.29) is 23.3 Å². The van der Waals surface area contributed by atoms with Gasteiger partial charge in [0, 0.05) is 12.0 Å². The molecule has 9 heteroatoms. The van der Waals surface area contributed by atoms with Gasteiger partial charge < -0.3 is 10.1 Å². The van der Waals surface area contributed by atoms with E-state index in [1.807, 2.05) is 38.1 Å². The van der Waals surface area contributed by atoms with E-state index in [9.17, 15) is 13.2 Å². The van der Waals surface area contributed by atoms with E-state index in [2.05, 4.69) is 5.32 Å². The highest BCUT2D eigenvalue weighted by Gasteiger charge is 2.35. The first-order valence-electron chi connectivity index (χ1n) is 8.96. The molecule has 0 bridgehead atoms. The standard InChI is InChI=1S/C20H22Cl2N2O4S/c1-20(2)11-17(14-6-4-5-7-18(14)28-20)23-19(25)12-24(29(3,26)27)13-8-9-15(21)16(22)10-13/h4-10,17H,11-12H2,1-3H3,(H,23,25). The van der Waals surface area contributed by atoms with Crippen LogP contribution in [0, 0.1) is 0 Å². The number of nitrogens with zero attached hydrogens (tertiary/aromatic N) is 1. The minimum atomic E-state index is -3.72. The predicted octanol–water partition coefficient (Wildman–Crippen LogP) is 4.18. The summed E-state index contributed by atoms with van der Waals surface area (Å²) in [6.45, 7) is 3.51. The minimum Gasteiger partial charge on any atom is -0.487 e. The number of hydrogen-bond donors (Lipinski definition) is 1. The second-order valence-corrected chi connectivity index (χ2v) is 10.3. The van der Waals surface area contributed by atoms with Crippen LogP contribution in [0.1, 0.15) is 31.9 Å². The van der Waals surface area contributed by atoms with Crippen molar-refractivity contribution in [1.29, 1.82) is 0 Å². The molecule has 0 saturated heterocycles. The number of fused-ring (bicyclic) bond motifs is 1. The Morgan fingerprint density at radius 1 is 1.21 bits per heavy atom. The Balaban J connectivity index is 1.83. The molecule has 1 heterocycles. The normalized spacial score (nSPS) is 17.8. The van der Waals surface area contributed by atoms with Crippen LogP contribution in [0.4, 0.5) is 5.69 Å². The molecule has 6 nitrogen and oxygen atoms in total. The smallest absolute Gasteiger partial charge is 0.241 e. The van der Waals surface area contributed by atoms with Gasteiger partial charge in [0.05, 0.1) is 28.0 Å². The summed E-state index contributed by atoms with van der Waals surface area (Å²) in [5.74, 6) is 0.275. The van der Waals surface area contributed by atoms with Crippen LogP contribution in [-0.2, 0) is 14.8 Å². The molecule has 3 rings (SSSR count). The van der Waals surface area contributed by atoms with Crippen molar-refractivity contribution in [2.45, 2.75) is 31.9 Å². The first-order chi connectivity index (χ1) is 13.5. The van der Waals surface area contributed by atoms with Crippen molar-refractivity contribution in [3.05, 3.63) is 58.1 Å². The molecule has 2 aromatic carbocycles. The molecule has 1 aliphatic rings. The lowest BCUT2D eigenvalue weighted by Gasteiger charge is -2.38. The van der Waals surface area contributed by atoms with Crippen molar-refractivity contribution in [3.63, 3.8) is 0 Å². The Kier molecular flexibility index (Phi) is 6.03. The SMILES string of the molecule is CC1(C)CC(NC(=O)CN(c2ccc(Cl)c(Cl)c2)S(C)(=O)=O)c2ccccc2O1. The number of halogens is 2. The number of carbonyl (C=O) groups is 1. The van der Waals surface area contributed by atoms with Crippen molar-refractivity contribution < 1.29 is 17.9 Å². The summed E-state index contributed by atoms with van der Waals surface area (Å²) in [6, 6.07) is 11.6. The average Bonchev–Trinajstić information content (AvgIpc) is 2.60. The molecular weight excluding hydrogens is 435 g/mol. The van der Waals surface area contributed by atoms with Gasteiger partial charge in [0.1, 0.15) is 17.9 Å². The van der Waals surface area contributed by atoms with Crippen LogP contribution < -0.4 is 14.4 Å². The Labute approximate surface area is 180 Å². The zero-order valence-electron chi connectivity index (χ0n) is 16.3. The summed E-state index contributed by atoms with van der Waals surface area (Å²) >= 11 is 11.9. The van der Waals surface area contributed by atoms with Gasteiger partial charge in [-0.25, -0.2) is 8.42 Å². The highest BCUT2D eigenvalue weighted by molar-refractivity contribution is 7.92. The maximum Gasteiger partial charge on any atom is 0.241 e. The highest BCUT2D eigenvalue weighted by atomic mass is 35.5. The molecule has 1 aliphatic heterocycles. The van der Waals surface area contributed by atoms with Crippen LogP contribution in [0.5, 0.6) is 5.75 Å². The number of benzene rings is 2. The number of ether oxygens (including phenoxy) is 1. The molecule has 0 spiro atoms. The van der Waals surface area contributed by atoms with Crippen molar-refractivity contribution in [2.24, 2.45) is 0 Å². The van der Waals surface area contributed by atoms with Crippen LogP contribution in [0.3, 0.4) is 0 Å². The quantitative estimate of drug-likeness (QED) is 0.731.